The van der Waals surface area contributed by atoms with Crippen LogP contribution >= 0.6 is 0 Å². The topological polar surface area (TPSA) is 65.8 Å². The van der Waals surface area contributed by atoms with E-state index in [2.05, 4.69) is 34.3 Å². The van der Waals surface area contributed by atoms with Crippen molar-refractivity contribution < 1.29 is 4.79 Å². The van der Waals surface area contributed by atoms with Gasteiger partial charge in [0.1, 0.15) is 0 Å². The number of nitrogens with one attached hydrogen (secondary N) is 2. The van der Waals surface area contributed by atoms with E-state index in [4.69, 9.17) is 0 Å². The van der Waals surface area contributed by atoms with Crippen molar-refractivity contribution in [1.82, 2.24) is 5.32 Å². The highest BCUT2D eigenvalue weighted by molar-refractivity contribution is 6.02. The van der Waals surface area contributed by atoms with Gasteiger partial charge in [0.2, 0.25) is 0 Å². The van der Waals surface area contributed by atoms with Gasteiger partial charge in [-0.05, 0) is 51.3 Å². The maximum Gasteiger partial charge on any atom is 0.318 e. The quantitative estimate of drug-likeness (QED) is 0.618. The van der Waals surface area contributed by atoms with E-state index < -0.39 is 0 Å². The molecule has 0 radical (unpaired) electrons. The minimum absolute atomic E-state index is 0.253. The molecule has 0 atom stereocenters. The summed E-state index contributed by atoms with van der Waals surface area (Å²) in [6, 6.07) is 7.07. The normalized spacial score (nSPS) is 10.1. The first-order valence-corrected chi connectivity index (χ1v) is 7.82. The lowest BCUT2D eigenvalue weighted by Crippen LogP contribution is -2.24. The molecule has 2 N–H and O–H groups in total. The zero-order valence-electron chi connectivity index (χ0n) is 15.0. The molecule has 0 aliphatic heterocycles. The van der Waals surface area contributed by atoms with Crippen LogP contribution in [0.3, 0.4) is 0 Å². The molecule has 5 heteroatoms. The molecule has 0 fully saturated rings. The molecule has 1 aromatic rings. The Morgan fingerprint density at radius 2 is 1.74 bits per heavy atom. The van der Waals surface area contributed by atoms with Gasteiger partial charge in [0, 0.05) is 24.0 Å². The second kappa shape index (κ2) is 11.2. The molecular formula is C18H28N4O. The molecule has 0 saturated heterocycles. The first kappa shape index (κ1) is 20.6. The summed E-state index contributed by atoms with van der Waals surface area (Å²) in [5.74, 6) is 0.583. The van der Waals surface area contributed by atoms with Crippen molar-refractivity contribution in [2.45, 2.75) is 41.0 Å². The Balaban J connectivity index is 0.00000232. The Kier molecular flexibility index (Phi) is 10.00. The Morgan fingerprint density at radius 1 is 1.17 bits per heavy atom. The molecule has 1 aromatic carbocycles. The minimum Gasteiger partial charge on any atom is -0.341 e. The van der Waals surface area contributed by atoms with Crippen LogP contribution in [0.1, 0.15) is 46.6 Å². The second-order valence-electron chi connectivity index (χ2n) is 4.68. The second-order valence-corrected chi connectivity index (χ2v) is 4.68. The van der Waals surface area contributed by atoms with Crippen LogP contribution in [0.25, 0.3) is 0 Å². The summed E-state index contributed by atoms with van der Waals surface area (Å²) in [5, 5.41) is 5.20. The lowest BCUT2D eigenvalue weighted by molar-refractivity contribution is 0.254. The highest BCUT2D eigenvalue weighted by atomic mass is 16.2. The van der Waals surface area contributed by atoms with Crippen LogP contribution in [0.15, 0.2) is 45.5 Å². The summed E-state index contributed by atoms with van der Waals surface area (Å²) >= 11 is 0. The summed E-state index contributed by atoms with van der Waals surface area (Å²) < 4.78 is 0. The Morgan fingerprint density at radius 3 is 2.13 bits per heavy atom. The SMILES string of the molecule is C=NC(=NC(CC)=C(C)C)c1ccc(NC(=O)NC)cc1.CC. The van der Waals surface area contributed by atoms with Gasteiger partial charge in [-0.2, -0.15) is 0 Å². The molecule has 1 rings (SSSR count). The van der Waals surface area contributed by atoms with Gasteiger partial charge in [0.05, 0.1) is 0 Å². The summed E-state index contributed by atoms with van der Waals surface area (Å²) in [7, 11) is 1.57. The molecular weight excluding hydrogens is 288 g/mol. The van der Waals surface area contributed by atoms with E-state index >= 15 is 0 Å². The van der Waals surface area contributed by atoms with Crippen LogP contribution in [0.5, 0.6) is 0 Å². The van der Waals surface area contributed by atoms with E-state index in [9.17, 15) is 4.79 Å². The molecule has 126 valence electrons. The molecule has 0 aliphatic rings. The average Bonchev–Trinajstić information content (AvgIpc) is 2.58. The lowest BCUT2D eigenvalue weighted by atomic mass is 10.1. The van der Waals surface area contributed by atoms with Gasteiger partial charge in [-0.3, -0.25) is 0 Å². The summed E-state index contributed by atoms with van der Waals surface area (Å²) in [5.41, 5.74) is 3.74. The van der Waals surface area contributed by atoms with Crippen LogP contribution in [0.2, 0.25) is 0 Å². The van der Waals surface area contributed by atoms with E-state index in [1.807, 2.05) is 39.8 Å². The van der Waals surface area contributed by atoms with Gasteiger partial charge < -0.3 is 10.6 Å². The fourth-order valence-electron chi connectivity index (χ4n) is 1.76. The molecule has 0 saturated carbocycles. The third-order valence-electron chi connectivity index (χ3n) is 2.93. The molecule has 0 spiro atoms. The minimum atomic E-state index is -0.253. The van der Waals surface area contributed by atoms with Crippen LogP contribution in [0.4, 0.5) is 10.5 Å². The molecule has 0 aromatic heterocycles. The van der Waals surface area contributed by atoms with Gasteiger partial charge in [0.25, 0.3) is 0 Å². The first-order chi connectivity index (χ1) is 11.0. The third kappa shape index (κ3) is 6.91. The van der Waals surface area contributed by atoms with E-state index in [1.165, 1.54) is 0 Å². The Hall–Kier alpha value is -2.43. The van der Waals surface area contributed by atoms with Crippen molar-refractivity contribution in [2.24, 2.45) is 9.98 Å². The number of hydrogen-bond donors (Lipinski definition) is 2. The summed E-state index contributed by atoms with van der Waals surface area (Å²) in [6.07, 6.45) is 0.845. The van der Waals surface area contributed by atoms with Crippen molar-refractivity contribution in [3.05, 3.63) is 41.1 Å². The fourth-order valence-corrected chi connectivity index (χ4v) is 1.76. The number of carbonyl (C=O) groups excluding carboxylic acids is 1. The molecule has 0 heterocycles. The fraction of sp³-hybridized carbons (Fsp3) is 0.389. The third-order valence-corrected chi connectivity index (χ3v) is 2.93. The number of nitrogens with zero attached hydrogens (tertiary/aromatic N) is 2. The average molecular weight is 316 g/mol. The van der Waals surface area contributed by atoms with Crippen LogP contribution in [-0.2, 0) is 0 Å². The zero-order valence-corrected chi connectivity index (χ0v) is 15.0. The molecule has 2 amide bonds. The number of amides is 2. The van der Waals surface area contributed by atoms with E-state index in [-0.39, 0.29) is 6.03 Å². The smallest absolute Gasteiger partial charge is 0.318 e. The maximum atomic E-state index is 11.2. The predicted octanol–water partition coefficient (Wildman–Crippen LogP) is 4.62. The number of urea groups is 1. The van der Waals surface area contributed by atoms with Crippen LogP contribution in [-0.4, -0.2) is 25.6 Å². The number of rotatable bonds is 4. The van der Waals surface area contributed by atoms with Crippen molar-refractivity contribution in [3.8, 4) is 0 Å². The Labute approximate surface area is 139 Å². The van der Waals surface area contributed by atoms with Crippen molar-refractivity contribution in [1.29, 1.82) is 0 Å². The largest absolute Gasteiger partial charge is 0.341 e. The van der Waals surface area contributed by atoms with Crippen LogP contribution < -0.4 is 10.6 Å². The number of allylic oxidation sites excluding steroid dienone is 2. The summed E-state index contributed by atoms with van der Waals surface area (Å²) in [6.45, 7) is 13.7. The highest BCUT2D eigenvalue weighted by Gasteiger charge is 2.04. The monoisotopic (exact) mass is 316 g/mol. The Bertz CT molecular complexity index is 567. The molecule has 0 bridgehead atoms. The van der Waals surface area contributed by atoms with Gasteiger partial charge in [0.15, 0.2) is 5.84 Å². The number of anilines is 1. The lowest BCUT2D eigenvalue weighted by Gasteiger charge is -2.07. The van der Waals surface area contributed by atoms with E-state index in [0.717, 1.165) is 23.3 Å². The molecule has 0 unspecified atom stereocenters. The number of amidine groups is 1. The van der Waals surface area contributed by atoms with E-state index in [0.29, 0.717) is 11.5 Å². The number of benzene rings is 1. The van der Waals surface area contributed by atoms with Gasteiger partial charge in [-0.15, -0.1) is 0 Å². The van der Waals surface area contributed by atoms with Crippen molar-refractivity contribution >= 4 is 24.3 Å². The van der Waals surface area contributed by atoms with Crippen LogP contribution in [0, 0.1) is 0 Å². The molecule has 5 nitrogen and oxygen atoms in total. The van der Waals surface area contributed by atoms with Crippen molar-refractivity contribution in [2.75, 3.05) is 12.4 Å². The maximum absolute atomic E-state index is 11.2. The van der Waals surface area contributed by atoms with Crippen molar-refractivity contribution in [3.63, 3.8) is 0 Å². The standard InChI is InChI=1S/C16H22N4O.C2H6/c1-6-14(11(2)3)20-15(17-4)12-7-9-13(10-8-12)19-16(21)18-5;1-2/h7-10H,4,6H2,1-3,5H3,(H2,18,19,21);1-2H3. The number of aliphatic imine (C=N–C) groups is 2. The zero-order chi connectivity index (χ0) is 17.8. The van der Waals surface area contributed by atoms with Gasteiger partial charge in [-0.25, -0.2) is 14.8 Å². The summed E-state index contributed by atoms with van der Waals surface area (Å²) in [4.78, 5) is 19.8. The number of carbonyl (C=O) groups is 1. The predicted molar refractivity (Wildman–Crippen MR) is 101 cm³/mol. The van der Waals surface area contributed by atoms with Gasteiger partial charge >= 0.3 is 6.03 Å². The van der Waals surface area contributed by atoms with E-state index in [1.54, 1.807) is 19.2 Å². The molecule has 0 aliphatic carbocycles. The highest BCUT2D eigenvalue weighted by Crippen LogP contribution is 2.15. The number of hydrogen-bond acceptors (Lipinski definition) is 2. The first-order valence-electron chi connectivity index (χ1n) is 7.82. The van der Waals surface area contributed by atoms with Gasteiger partial charge in [-0.1, -0.05) is 26.3 Å². The molecule has 23 heavy (non-hydrogen) atoms.